The predicted molar refractivity (Wildman–Crippen MR) is 83.1 cm³/mol. The fourth-order valence-electron chi connectivity index (χ4n) is 1.99. The molecule has 1 unspecified atom stereocenters. The molecule has 0 saturated heterocycles. The summed E-state index contributed by atoms with van der Waals surface area (Å²) in [5.74, 6) is -0.356. The van der Waals surface area contributed by atoms with Crippen LogP contribution in [0, 0.1) is 5.82 Å². The van der Waals surface area contributed by atoms with Crippen LogP contribution in [0.25, 0.3) is 10.2 Å². The minimum atomic E-state index is -0.356. The first-order chi connectivity index (χ1) is 9.65. The molecule has 0 aliphatic heterocycles. The number of halogens is 2. The van der Waals surface area contributed by atoms with E-state index in [-0.39, 0.29) is 11.9 Å². The van der Waals surface area contributed by atoms with Crippen LogP contribution in [0.1, 0.15) is 18.0 Å². The Morgan fingerprint density at radius 1 is 1.20 bits per heavy atom. The minimum Gasteiger partial charge on any atom is -0.373 e. The van der Waals surface area contributed by atoms with Crippen LogP contribution < -0.4 is 5.32 Å². The van der Waals surface area contributed by atoms with E-state index in [1.54, 1.807) is 23.5 Å². The molecule has 3 rings (SSSR count). The van der Waals surface area contributed by atoms with Crippen molar-refractivity contribution in [1.29, 1.82) is 0 Å². The van der Waals surface area contributed by atoms with Crippen molar-refractivity contribution in [3.05, 3.63) is 58.3 Å². The second-order valence-corrected chi connectivity index (χ2v) is 5.95. The smallest absolute Gasteiger partial charge is 0.147 e. The van der Waals surface area contributed by atoms with E-state index in [0.29, 0.717) is 10.7 Å². The Bertz CT molecular complexity index is 703. The van der Waals surface area contributed by atoms with Crippen molar-refractivity contribution in [2.75, 3.05) is 5.32 Å². The molecule has 0 amide bonds. The zero-order valence-electron chi connectivity index (χ0n) is 10.7. The summed E-state index contributed by atoms with van der Waals surface area (Å²) in [4.78, 5) is 4.56. The monoisotopic (exact) mass is 306 g/mol. The van der Waals surface area contributed by atoms with Crippen LogP contribution in [0.3, 0.4) is 0 Å². The van der Waals surface area contributed by atoms with Crippen LogP contribution in [-0.2, 0) is 0 Å². The van der Waals surface area contributed by atoms with Crippen molar-refractivity contribution in [3.8, 4) is 0 Å². The number of aromatic nitrogens is 1. The number of benzene rings is 2. The normalized spacial score (nSPS) is 12.6. The average molecular weight is 307 g/mol. The van der Waals surface area contributed by atoms with Crippen LogP contribution in [0.5, 0.6) is 0 Å². The van der Waals surface area contributed by atoms with Gasteiger partial charge < -0.3 is 5.32 Å². The molecule has 1 N–H and O–H groups in total. The molecule has 0 spiro atoms. The highest BCUT2D eigenvalue weighted by atomic mass is 35.5. The fraction of sp³-hybridized carbons (Fsp3) is 0.133. The number of nitrogens with zero attached hydrogens (tertiary/aromatic N) is 1. The van der Waals surface area contributed by atoms with Crippen molar-refractivity contribution in [3.63, 3.8) is 0 Å². The molecule has 0 radical (unpaired) electrons. The Kier molecular flexibility index (Phi) is 3.59. The topological polar surface area (TPSA) is 24.9 Å². The average Bonchev–Trinajstić information content (AvgIpc) is 2.87. The van der Waals surface area contributed by atoms with E-state index in [0.717, 1.165) is 15.2 Å². The lowest BCUT2D eigenvalue weighted by Gasteiger charge is -2.14. The fourth-order valence-corrected chi connectivity index (χ4v) is 3.18. The number of hydrogen-bond donors (Lipinski definition) is 1. The van der Waals surface area contributed by atoms with Gasteiger partial charge >= 0.3 is 0 Å². The van der Waals surface area contributed by atoms with Crippen molar-refractivity contribution in [2.45, 2.75) is 13.0 Å². The quantitative estimate of drug-likeness (QED) is 0.713. The number of nitrogens with one attached hydrogen (secondary N) is 1. The molecule has 5 heteroatoms. The highest BCUT2D eigenvalue weighted by Gasteiger charge is 2.14. The zero-order valence-corrected chi connectivity index (χ0v) is 12.3. The van der Waals surface area contributed by atoms with E-state index in [2.05, 4.69) is 10.3 Å². The third kappa shape index (κ3) is 2.49. The maximum Gasteiger partial charge on any atom is 0.147 e. The molecule has 0 saturated carbocycles. The third-order valence-electron chi connectivity index (χ3n) is 3.00. The van der Waals surface area contributed by atoms with Gasteiger partial charge in [0.25, 0.3) is 0 Å². The van der Waals surface area contributed by atoms with E-state index >= 15 is 0 Å². The Hall–Kier alpha value is -1.65. The Morgan fingerprint density at radius 2 is 2.00 bits per heavy atom. The SMILES string of the molecule is CC(Nc1c(F)cccc1Cl)c1nc2ccccc2s1. The van der Waals surface area contributed by atoms with Gasteiger partial charge in [0.05, 0.1) is 27.0 Å². The number of thiazole rings is 1. The highest BCUT2D eigenvalue weighted by Crippen LogP contribution is 2.31. The van der Waals surface area contributed by atoms with Gasteiger partial charge in [-0.05, 0) is 31.2 Å². The second-order valence-electron chi connectivity index (χ2n) is 4.48. The van der Waals surface area contributed by atoms with Gasteiger partial charge in [-0.1, -0.05) is 29.8 Å². The molecular formula is C15H12ClFN2S. The molecule has 1 heterocycles. The third-order valence-corrected chi connectivity index (χ3v) is 4.54. The Labute approximate surface area is 125 Å². The Balaban J connectivity index is 1.91. The van der Waals surface area contributed by atoms with Crippen LogP contribution in [0.15, 0.2) is 42.5 Å². The van der Waals surface area contributed by atoms with Crippen LogP contribution in [0.4, 0.5) is 10.1 Å². The van der Waals surface area contributed by atoms with Gasteiger partial charge in [0, 0.05) is 0 Å². The summed E-state index contributed by atoms with van der Waals surface area (Å²) < 4.78 is 14.9. The molecule has 2 nitrogen and oxygen atoms in total. The second kappa shape index (κ2) is 5.38. The Morgan fingerprint density at radius 3 is 2.75 bits per heavy atom. The summed E-state index contributed by atoms with van der Waals surface area (Å²) in [7, 11) is 0. The first kappa shape index (κ1) is 13.3. The van der Waals surface area contributed by atoms with Gasteiger partial charge in [0.15, 0.2) is 0 Å². The van der Waals surface area contributed by atoms with Crippen molar-refractivity contribution < 1.29 is 4.39 Å². The van der Waals surface area contributed by atoms with Crippen molar-refractivity contribution >= 4 is 38.8 Å². The van der Waals surface area contributed by atoms with Crippen LogP contribution in [0.2, 0.25) is 5.02 Å². The van der Waals surface area contributed by atoms with Gasteiger partial charge in [0.2, 0.25) is 0 Å². The lowest BCUT2D eigenvalue weighted by atomic mass is 10.2. The van der Waals surface area contributed by atoms with E-state index in [1.807, 2.05) is 31.2 Å². The molecule has 0 bridgehead atoms. The van der Waals surface area contributed by atoms with Crippen molar-refractivity contribution in [2.24, 2.45) is 0 Å². The lowest BCUT2D eigenvalue weighted by Crippen LogP contribution is -2.08. The first-order valence-corrected chi connectivity index (χ1v) is 7.40. The number of anilines is 1. The van der Waals surface area contributed by atoms with Crippen molar-refractivity contribution in [1.82, 2.24) is 4.98 Å². The predicted octanol–water partition coefficient (Wildman–Crippen LogP) is 5.26. The summed E-state index contributed by atoms with van der Waals surface area (Å²) in [5.41, 5.74) is 1.28. The number of para-hydroxylation sites is 2. The van der Waals surface area contributed by atoms with E-state index < -0.39 is 0 Å². The molecular weight excluding hydrogens is 295 g/mol. The zero-order chi connectivity index (χ0) is 14.1. The number of hydrogen-bond acceptors (Lipinski definition) is 3. The van der Waals surface area contributed by atoms with Crippen LogP contribution in [-0.4, -0.2) is 4.98 Å². The molecule has 102 valence electrons. The molecule has 0 fully saturated rings. The molecule has 0 aliphatic rings. The van der Waals surface area contributed by atoms with Gasteiger partial charge in [-0.15, -0.1) is 11.3 Å². The van der Waals surface area contributed by atoms with Gasteiger partial charge in [-0.2, -0.15) is 0 Å². The van der Waals surface area contributed by atoms with E-state index in [9.17, 15) is 4.39 Å². The molecule has 2 aromatic carbocycles. The largest absolute Gasteiger partial charge is 0.373 e. The summed E-state index contributed by atoms with van der Waals surface area (Å²) >= 11 is 7.62. The van der Waals surface area contributed by atoms with Gasteiger partial charge in [0.1, 0.15) is 10.8 Å². The lowest BCUT2D eigenvalue weighted by molar-refractivity contribution is 0.627. The van der Waals surface area contributed by atoms with Gasteiger partial charge in [-0.25, -0.2) is 9.37 Å². The van der Waals surface area contributed by atoms with E-state index in [4.69, 9.17) is 11.6 Å². The maximum atomic E-state index is 13.8. The molecule has 0 aliphatic carbocycles. The molecule has 3 aromatic rings. The van der Waals surface area contributed by atoms with E-state index in [1.165, 1.54) is 6.07 Å². The summed E-state index contributed by atoms with van der Waals surface area (Å²) in [6.45, 7) is 1.94. The summed E-state index contributed by atoms with van der Waals surface area (Å²) in [6, 6.07) is 12.5. The number of rotatable bonds is 3. The number of fused-ring (bicyclic) bond motifs is 1. The maximum absolute atomic E-state index is 13.8. The standard InChI is InChI=1S/C15H12ClFN2S/c1-9(18-14-10(16)5-4-6-11(14)17)15-19-12-7-2-3-8-13(12)20-15/h2-9,18H,1H3. The first-order valence-electron chi connectivity index (χ1n) is 6.21. The molecule has 1 atom stereocenters. The minimum absolute atomic E-state index is 0.109. The van der Waals surface area contributed by atoms with Gasteiger partial charge in [-0.3, -0.25) is 0 Å². The molecule has 20 heavy (non-hydrogen) atoms. The van der Waals surface area contributed by atoms with Crippen LogP contribution >= 0.6 is 22.9 Å². The summed E-state index contributed by atoms with van der Waals surface area (Å²) in [5, 5.41) is 4.38. The summed E-state index contributed by atoms with van der Waals surface area (Å²) in [6.07, 6.45) is 0. The highest BCUT2D eigenvalue weighted by molar-refractivity contribution is 7.18. The molecule has 1 aromatic heterocycles.